The normalized spacial score (nSPS) is 25.8. The van der Waals surface area contributed by atoms with Crippen LogP contribution in [0.1, 0.15) is 0 Å². The van der Waals surface area contributed by atoms with Gasteiger partial charge in [0, 0.05) is 0 Å². The Kier molecular flexibility index (Phi) is 7.25. The molecule has 0 amide bonds. The van der Waals surface area contributed by atoms with Gasteiger partial charge in [-0.2, -0.15) is 0 Å². The maximum atomic E-state index is 9.75. The molecule has 11 heavy (non-hydrogen) atoms. The molecule has 7 heteroatoms. The summed E-state index contributed by atoms with van der Waals surface area (Å²) in [5, 5.41) is 19.5. The van der Waals surface area contributed by atoms with Crippen LogP contribution in [0.3, 0.4) is 0 Å². The number of aliphatic carboxylic acids is 2. The topological polar surface area (TPSA) is 92.8 Å². The van der Waals surface area contributed by atoms with Crippen LogP contribution in [0.2, 0.25) is 0 Å². The Labute approximate surface area is 107 Å². The van der Waals surface area contributed by atoms with Crippen molar-refractivity contribution in [3.05, 3.63) is 0 Å². The molecule has 1 saturated heterocycles. The van der Waals surface area contributed by atoms with E-state index in [2.05, 4.69) is 4.74 Å². The van der Waals surface area contributed by atoms with Gasteiger partial charge in [-0.15, -0.1) is 0 Å². The molecule has 0 aromatic rings. The van der Waals surface area contributed by atoms with E-state index in [1.807, 2.05) is 0 Å². The molecule has 2 atom stereocenters. The van der Waals surface area contributed by atoms with Gasteiger partial charge in [0.1, 0.15) is 12.2 Å². The summed E-state index contributed by atoms with van der Waals surface area (Å²) in [6.07, 6.45) is -2.59. The molecule has 0 spiro atoms. The molecule has 0 N–H and O–H groups in total. The van der Waals surface area contributed by atoms with Gasteiger partial charge in [-0.3, -0.25) is 0 Å². The minimum absolute atomic E-state index is 0. The van der Waals surface area contributed by atoms with Crippen LogP contribution >= 0.6 is 0 Å². The van der Waals surface area contributed by atoms with Gasteiger partial charge >= 0.3 is 59.1 Å². The molecule has 0 bridgehead atoms. The summed E-state index contributed by atoms with van der Waals surface area (Å²) in [7, 11) is 0. The van der Waals surface area contributed by atoms with Gasteiger partial charge in [0.2, 0.25) is 0 Å². The fourth-order valence-electron chi connectivity index (χ4n) is 0.471. The number of carbonyl (C=O) groups excluding carboxylic acids is 2. The molecular formula is C4H2Na2O5. The quantitative estimate of drug-likeness (QED) is 0.307. The van der Waals surface area contributed by atoms with Crippen molar-refractivity contribution in [1.29, 1.82) is 0 Å². The monoisotopic (exact) mass is 176 g/mol. The molecular weight excluding hydrogens is 174 g/mol. The first-order valence-electron chi connectivity index (χ1n) is 2.20. The summed E-state index contributed by atoms with van der Waals surface area (Å²) in [6, 6.07) is 0. The average Bonchev–Trinajstić information content (AvgIpc) is 2.39. The van der Waals surface area contributed by atoms with Crippen molar-refractivity contribution in [2.24, 2.45) is 0 Å². The zero-order valence-corrected chi connectivity index (χ0v) is 10.2. The predicted molar refractivity (Wildman–Crippen MR) is 18.7 cm³/mol. The first-order valence-corrected chi connectivity index (χ1v) is 2.20. The Bertz CT molecular complexity index is 152. The van der Waals surface area contributed by atoms with Gasteiger partial charge in [0.15, 0.2) is 0 Å². The largest absolute Gasteiger partial charge is 1.00 e. The molecule has 0 aromatic carbocycles. The van der Waals surface area contributed by atoms with E-state index in [1.165, 1.54) is 0 Å². The number of hydrogen-bond acceptors (Lipinski definition) is 5. The Balaban J connectivity index is 0. The first-order chi connectivity index (χ1) is 4.13. The Morgan fingerprint density at radius 3 is 1.36 bits per heavy atom. The first kappa shape index (κ1) is 14.4. The molecule has 0 aliphatic carbocycles. The van der Waals surface area contributed by atoms with Crippen molar-refractivity contribution in [3.63, 3.8) is 0 Å². The third-order valence-corrected chi connectivity index (χ3v) is 0.956. The van der Waals surface area contributed by atoms with Crippen molar-refractivity contribution in [3.8, 4) is 0 Å². The summed E-state index contributed by atoms with van der Waals surface area (Å²) in [5.41, 5.74) is 0. The fraction of sp³-hybridized carbons (Fsp3) is 0.500. The molecule has 1 fully saturated rings. The summed E-state index contributed by atoms with van der Waals surface area (Å²) in [6.45, 7) is 0. The number of carboxylic acid groups (broad SMARTS) is 2. The zero-order chi connectivity index (χ0) is 7.02. The van der Waals surface area contributed by atoms with Crippen molar-refractivity contribution >= 4 is 11.9 Å². The smallest absolute Gasteiger partial charge is 0.547 e. The van der Waals surface area contributed by atoms with E-state index < -0.39 is 24.1 Å². The van der Waals surface area contributed by atoms with Crippen LogP contribution in [-0.4, -0.2) is 24.1 Å². The van der Waals surface area contributed by atoms with E-state index in [0.717, 1.165) is 0 Å². The van der Waals surface area contributed by atoms with Crippen LogP contribution < -0.4 is 69.3 Å². The van der Waals surface area contributed by atoms with Crippen LogP contribution in [0, 0.1) is 0 Å². The van der Waals surface area contributed by atoms with Gasteiger partial charge in [0.25, 0.3) is 0 Å². The summed E-state index contributed by atoms with van der Waals surface area (Å²) >= 11 is 0. The maximum absolute atomic E-state index is 9.75. The molecule has 1 heterocycles. The Morgan fingerprint density at radius 2 is 1.27 bits per heavy atom. The SMILES string of the molecule is O=C([O-])C1OC1C(=O)[O-].[Na+].[Na+]. The molecule has 1 aliphatic rings. The van der Waals surface area contributed by atoms with E-state index in [1.54, 1.807) is 0 Å². The summed E-state index contributed by atoms with van der Waals surface area (Å²) < 4.78 is 4.12. The van der Waals surface area contributed by atoms with E-state index in [0.29, 0.717) is 0 Å². The summed E-state index contributed by atoms with van der Waals surface area (Å²) in [5.74, 6) is -3.02. The molecule has 5 nitrogen and oxygen atoms in total. The van der Waals surface area contributed by atoms with Crippen LogP contribution in [0.25, 0.3) is 0 Å². The van der Waals surface area contributed by atoms with Crippen LogP contribution in [0.4, 0.5) is 0 Å². The molecule has 1 aliphatic heterocycles. The van der Waals surface area contributed by atoms with Crippen LogP contribution in [0.15, 0.2) is 0 Å². The minimum atomic E-state index is -1.51. The van der Waals surface area contributed by atoms with Gasteiger partial charge in [0.05, 0.1) is 11.9 Å². The summed E-state index contributed by atoms with van der Waals surface area (Å²) in [4.78, 5) is 19.5. The zero-order valence-electron chi connectivity index (χ0n) is 6.20. The van der Waals surface area contributed by atoms with Gasteiger partial charge < -0.3 is 24.5 Å². The van der Waals surface area contributed by atoms with Crippen LogP contribution in [-0.2, 0) is 14.3 Å². The predicted octanol–water partition coefficient (Wildman–Crippen LogP) is -9.74. The van der Waals surface area contributed by atoms with Crippen molar-refractivity contribution in [1.82, 2.24) is 0 Å². The van der Waals surface area contributed by atoms with E-state index in [9.17, 15) is 19.8 Å². The Morgan fingerprint density at radius 1 is 1.00 bits per heavy atom. The number of carboxylic acids is 2. The second kappa shape index (κ2) is 5.53. The second-order valence-electron chi connectivity index (χ2n) is 1.62. The van der Waals surface area contributed by atoms with E-state index in [4.69, 9.17) is 0 Å². The van der Waals surface area contributed by atoms with Crippen LogP contribution in [0.5, 0.6) is 0 Å². The fourth-order valence-corrected chi connectivity index (χ4v) is 0.471. The van der Waals surface area contributed by atoms with Crippen molar-refractivity contribution in [2.45, 2.75) is 12.2 Å². The second-order valence-corrected chi connectivity index (χ2v) is 1.62. The van der Waals surface area contributed by atoms with Gasteiger partial charge in [-0.1, -0.05) is 0 Å². The maximum Gasteiger partial charge on any atom is 1.00 e. The number of hydrogen-bond donors (Lipinski definition) is 0. The third kappa shape index (κ3) is 3.89. The standard InChI is InChI=1S/C4H4O5.2Na/c5-3(6)1-2(9-1)4(7)8;;/h1-2H,(H,5,6)(H,7,8);;/q;2*+1/p-2. The molecule has 0 radical (unpaired) electrons. The molecule has 1 rings (SSSR count). The number of carbonyl (C=O) groups is 2. The Hall–Kier alpha value is 0.900. The number of rotatable bonds is 2. The number of ether oxygens (including phenoxy) is 1. The van der Waals surface area contributed by atoms with Gasteiger partial charge in [-0.25, -0.2) is 0 Å². The molecule has 2 unspecified atom stereocenters. The molecule has 50 valence electrons. The molecule has 0 saturated carbocycles. The van der Waals surface area contributed by atoms with Gasteiger partial charge in [-0.05, 0) is 0 Å². The van der Waals surface area contributed by atoms with E-state index >= 15 is 0 Å². The van der Waals surface area contributed by atoms with Crippen molar-refractivity contribution < 1.29 is 83.7 Å². The average molecular weight is 176 g/mol. The minimum Gasteiger partial charge on any atom is -0.547 e. The third-order valence-electron chi connectivity index (χ3n) is 0.956. The van der Waals surface area contributed by atoms with E-state index in [-0.39, 0.29) is 59.1 Å². The molecule has 0 aromatic heterocycles. The van der Waals surface area contributed by atoms with Crippen molar-refractivity contribution in [2.75, 3.05) is 0 Å². The number of epoxide rings is 1.